The lowest BCUT2D eigenvalue weighted by molar-refractivity contribution is 0.109. The Morgan fingerprint density at radius 1 is 1.11 bits per heavy atom. The maximum atomic E-state index is 13.2. The Bertz CT molecular complexity index is 1520. The largest absolute Gasteiger partial charge is 0.371 e. The summed E-state index contributed by atoms with van der Waals surface area (Å²) in [7, 11) is 0. The Balaban J connectivity index is 1.07. The molecule has 2 amide bonds. The first-order chi connectivity index (χ1) is 17.7. The lowest BCUT2D eigenvalue weighted by atomic mass is 10.0. The highest BCUT2D eigenvalue weighted by Crippen LogP contribution is 2.32. The number of hydrogen-bond donors (Lipinski definition) is 2. The molecule has 7 rings (SSSR count). The van der Waals surface area contributed by atoms with Crippen LogP contribution in [0.2, 0.25) is 0 Å². The number of anilines is 2. The SMILES string of the molecule is O=C(N1CC=C(c2cc3c(Nc4ccc5ncsc5c4)ccnc3[nH]2)CC1)N1CCN2C=CCC2C1. The number of carbonyl (C=O) groups excluding carboxylic acids is 1. The molecule has 3 aliphatic rings. The third kappa shape index (κ3) is 3.80. The maximum absolute atomic E-state index is 13.2. The van der Waals surface area contributed by atoms with Gasteiger partial charge < -0.3 is 25.0 Å². The van der Waals surface area contributed by atoms with E-state index >= 15 is 0 Å². The molecule has 3 aromatic heterocycles. The highest BCUT2D eigenvalue weighted by atomic mass is 32.1. The van der Waals surface area contributed by atoms with Crippen LogP contribution in [0.25, 0.3) is 26.8 Å². The van der Waals surface area contributed by atoms with Gasteiger partial charge in [-0.2, -0.15) is 0 Å². The second-order valence-electron chi connectivity index (χ2n) is 9.63. The lowest BCUT2D eigenvalue weighted by Gasteiger charge is -2.40. The number of benzene rings is 1. The molecule has 0 spiro atoms. The molecule has 182 valence electrons. The number of aromatic amines is 1. The number of fused-ring (bicyclic) bond motifs is 3. The van der Waals surface area contributed by atoms with E-state index in [-0.39, 0.29) is 6.03 Å². The van der Waals surface area contributed by atoms with Crippen molar-refractivity contribution in [3.05, 3.63) is 66.1 Å². The topological polar surface area (TPSA) is 80.4 Å². The van der Waals surface area contributed by atoms with Crippen LogP contribution in [-0.4, -0.2) is 74.4 Å². The summed E-state index contributed by atoms with van der Waals surface area (Å²) >= 11 is 1.64. The van der Waals surface area contributed by atoms with Crippen molar-refractivity contribution < 1.29 is 4.79 Å². The molecular weight excluding hydrogens is 470 g/mol. The summed E-state index contributed by atoms with van der Waals surface area (Å²) in [6.45, 7) is 3.92. The number of aromatic nitrogens is 3. The number of amides is 2. The fourth-order valence-electron chi connectivity index (χ4n) is 5.49. The van der Waals surface area contributed by atoms with Crippen LogP contribution >= 0.6 is 11.3 Å². The minimum Gasteiger partial charge on any atom is -0.371 e. The zero-order valence-electron chi connectivity index (χ0n) is 19.9. The van der Waals surface area contributed by atoms with Crippen LogP contribution in [0.3, 0.4) is 0 Å². The molecule has 1 saturated heterocycles. The van der Waals surface area contributed by atoms with Crippen LogP contribution in [0, 0.1) is 0 Å². The Labute approximate surface area is 212 Å². The number of pyridine rings is 1. The van der Waals surface area contributed by atoms with E-state index < -0.39 is 0 Å². The van der Waals surface area contributed by atoms with Crippen molar-refractivity contribution in [2.75, 3.05) is 38.0 Å². The summed E-state index contributed by atoms with van der Waals surface area (Å²) in [6.07, 6.45) is 10.3. The molecule has 1 unspecified atom stereocenters. The average molecular weight is 498 g/mol. The number of nitrogens with zero attached hydrogens (tertiary/aromatic N) is 5. The van der Waals surface area contributed by atoms with Gasteiger partial charge in [0.15, 0.2) is 0 Å². The molecule has 8 nitrogen and oxygen atoms in total. The molecule has 1 fully saturated rings. The predicted molar refractivity (Wildman–Crippen MR) is 144 cm³/mol. The Morgan fingerprint density at radius 2 is 2.08 bits per heavy atom. The minimum atomic E-state index is 0.166. The predicted octanol–water partition coefficient (Wildman–Crippen LogP) is 5.03. The third-order valence-corrected chi connectivity index (χ3v) is 8.26. The van der Waals surface area contributed by atoms with Crippen molar-refractivity contribution in [2.24, 2.45) is 0 Å². The first kappa shape index (κ1) is 21.4. The first-order valence-electron chi connectivity index (χ1n) is 12.4. The minimum absolute atomic E-state index is 0.166. The number of H-pyrrole nitrogens is 1. The standard InChI is InChI=1S/C27H27N7OS/c35-27(34-13-12-32-9-1-2-20(32)16-34)33-10-6-18(7-11-33)24-15-21-22(5-8-28-26(21)31-24)30-19-3-4-23-25(14-19)36-17-29-23/h1,3-6,8-9,14-15,17,20H,2,7,10-13,16H2,(H2,28,30,31). The summed E-state index contributed by atoms with van der Waals surface area (Å²) in [5.41, 5.74) is 8.10. The van der Waals surface area contributed by atoms with Gasteiger partial charge in [0.2, 0.25) is 0 Å². The average Bonchev–Trinajstić information content (AvgIpc) is 3.67. The van der Waals surface area contributed by atoms with Gasteiger partial charge in [0.1, 0.15) is 5.65 Å². The third-order valence-electron chi connectivity index (χ3n) is 7.47. The number of thiazole rings is 1. The van der Waals surface area contributed by atoms with E-state index in [1.54, 1.807) is 11.3 Å². The molecular formula is C27H27N7OS. The summed E-state index contributed by atoms with van der Waals surface area (Å²) < 4.78 is 1.16. The molecule has 4 aromatic rings. The highest BCUT2D eigenvalue weighted by molar-refractivity contribution is 7.16. The van der Waals surface area contributed by atoms with Crippen LogP contribution in [0.5, 0.6) is 0 Å². The lowest BCUT2D eigenvalue weighted by Crippen LogP contribution is -2.55. The van der Waals surface area contributed by atoms with Crippen LogP contribution in [-0.2, 0) is 0 Å². The Hall–Kier alpha value is -3.85. The van der Waals surface area contributed by atoms with E-state index in [1.165, 1.54) is 5.57 Å². The zero-order valence-corrected chi connectivity index (χ0v) is 20.7. The van der Waals surface area contributed by atoms with Gasteiger partial charge in [-0.3, -0.25) is 0 Å². The van der Waals surface area contributed by atoms with E-state index in [9.17, 15) is 4.79 Å². The molecule has 9 heteroatoms. The van der Waals surface area contributed by atoms with E-state index in [1.807, 2.05) is 33.6 Å². The summed E-state index contributed by atoms with van der Waals surface area (Å²) in [4.78, 5) is 32.0. The van der Waals surface area contributed by atoms with Gasteiger partial charge in [-0.05, 0) is 54.9 Å². The number of urea groups is 1. The molecule has 1 atom stereocenters. The maximum Gasteiger partial charge on any atom is 0.320 e. The van der Waals surface area contributed by atoms with Gasteiger partial charge >= 0.3 is 6.03 Å². The van der Waals surface area contributed by atoms with Crippen molar-refractivity contribution >= 4 is 55.6 Å². The quantitative estimate of drug-likeness (QED) is 0.415. The van der Waals surface area contributed by atoms with E-state index in [0.29, 0.717) is 12.6 Å². The van der Waals surface area contributed by atoms with Crippen LogP contribution in [0.1, 0.15) is 18.5 Å². The number of nitrogens with one attached hydrogen (secondary N) is 2. The molecule has 0 aliphatic carbocycles. The number of hydrogen-bond acceptors (Lipinski definition) is 6. The summed E-state index contributed by atoms with van der Waals surface area (Å²) in [5, 5.41) is 4.61. The van der Waals surface area contributed by atoms with Crippen molar-refractivity contribution in [1.29, 1.82) is 0 Å². The Morgan fingerprint density at radius 3 is 3.00 bits per heavy atom. The monoisotopic (exact) mass is 497 g/mol. The molecule has 0 saturated carbocycles. The molecule has 6 heterocycles. The van der Waals surface area contributed by atoms with Gasteiger partial charge in [0.05, 0.1) is 21.4 Å². The molecule has 2 N–H and O–H groups in total. The van der Waals surface area contributed by atoms with Gasteiger partial charge in [0, 0.05) is 61.7 Å². The van der Waals surface area contributed by atoms with Gasteiger partial charge in [-0.1, -0.05) is 12.2 Å². The van der Waals surface area contributed by atoms with Gasteiger partial charge in [-0.15, -0.1) is 11.3 Å². The second-order valence-corrected chi connectivity index (χ2v) is 10.5. The normalized spacial score (nSPS) is 19.7. The van der Waals surface area contributed by atoms with E-state index in [0.717, 1.165) is 77.3 Å². The fourth-order valence-corrected chi connectivity index (χ4v) is 6.20. The molecule has 0 radical (unpaired) electrons. The van der Waals surface area contributed by atoms with Crippen molar-refractivity contribution in [1.82, 2.24) is 29.7 Å². The molecule has 0 bridgehead atoms. The summed E-state index contributed by atoms with van der Waals surface area (Å²) in [5.74, 6) is 0. The van der Waals surface area contributed by atoms with Crippen LogP contribution < -0.4 is 5.32 Å². The van der Waals surface area contributed by atoms with Crippen molar-refractivity contribution in [3.8, 4) is 0 Å². The van der Waals surface area contributed by atoms with Gasteiger partial charge in [-0.25, -0.2) is 14.8 Å². The van der Waals surface area contributed by atoms with E-state index in [4.69, 9.17) is 0 Å². The van der Waals surface area contributed by atoms with Crippen LogP contribution in [0.4, 0.5) is 16.2 Å². The zero-order chi connectivity index (χ0) is 24.1. The van der Waals surface area contributed by atoms with Crippen molar-refractivity contribution in [3.63, 3.8) is 0 Å². The molecule has 3 aliphatic heterocycles. The molecule has 36 heavy (non-hydrogen) atoms. The van der Waals surface area contributed by atoms with Crippen molar-refractivity contribution in [2.45, 2.75) is 18.9 Å². The number of rotatable bonds is 3. The first-order valence-corrected chi connectivity index (χ1v) is 13.3. The smallest absolute Gasteiger partial charge is 0.320 e. The van der Waals surface area contributed by atoms with Gasteiger partial charge in [0.25, 0.3) is 0 Å². The summed E-state index contributed by atoms with van der Waals surface area (Å²) in [6, 6.07) is 11.0. The Kier molecular flexibility index (Phi) is 5.16. The number of carbonyl (C=O) groups is 1. The highest BCUT2D eigenvalue weighted by Gasteiger charge is 2.32. The second kappa shape index (κ2) is 8.67. The molecule has 1 aromatic carbocycles. The number of piperazine rings is 1. The van der Waals surface area contributed by atoms with E-state index in [2.05, 4.69) is 61.7 Å². The van der Waals surface area contributed by atoms with Crippen LogP contribution in [0.15, 0.2) is 60.4 Å². The fraction of sp³-hybridized carbons (Fsp3) is 0.296.